The number of rotatable bonds is 5. The minimum atomic E-state index is -0.611. The number of aromatic nitrogens is 1. The Morgan fingerprint density at radius 1 is 1.10 bits per heavy atom. The molecule has 2 aromatic carbocycles. The van der Waals surface area contributed by atoms with E-state index in [-0.39, 0.29) is 5.71 Å². The van der Waals surface area contributed by atoms with Gasteiger partial charge in [0.25, 0.3) is 0 Å². The summed E-state index contributed by atoms with van der Waals surface area (Å²) in [6.45, 7) is 1.84. The lowest BCUT2D eigenvalue weighted by atomic mass is 10.00. The van der Waals surface area contributed by atoms with Crippen molar-refractivity contribution in [3.63, 3.8) is 0 Å². The molecule has 0 fully saturated rings. The second kappa shape index (κ2) is 11.1. The molecule has 164 valence electrons. The molecule has 5 N–H and O–H groups in total. The van der Waals surface area contributed by atoms with Crippen LogP contribution in [0.1, 0.15) is 29.7 Å². The van der Waals surface area contributed by atoms with Gasteiger partial charge in [-0.1, -0.05) is 35.3 Å². The number of hydrogen-bond acceptors (Lipinski definition) is 6. The Hall–Kier alpha value is -2.61. The van der Waals surface area contributed by atoms with Gasteiger partial charge < -0.3 is 16.2 Å². The molecule has 1 atom stereocenters. The van der Waals surface area contributed by atoms with Crippen LogP contribution in [0.15, 0.2) is 54.9 Å². The third-order valence-electron chi connectivity index (χ3n) is 4.08. The number of nitrogens with one attached hydrogen (secondary N) is 1. The Balaban J connectivity index is 0.000000785. The van der Waals surface area contributed by atoms with E-state index in [0.717, 1.165) is 0 Å². The molecule has 0 saturated carbocycles. The molecular weight excluding hydrogens is 455 g/mol. The molecule has 0 aliphatic heterocycles. The highest BCUT2D eigenvalue weighted by molar-refractivity contribution is 7.83. The van der Waals surface area contributed by atoms with E-state index in [9.17, 15) is 4.21 Å². The van der Waals surface area contributed by atoms with Crippen molar-refractivity contribution in [1.82, 2.24) is 4.98 Å². The summed E-state index contributed by atoms with van der Waals surface area (Å²) in [5.41, 5.74) is 15.1. The lowest BCUT2D eigenvalue weighted by Gasteiger charge is -2.18. The van der Waals surface area contributed by atoms with Crippen LogP contribution in [-0.2, 0) is 10.8 Å². The Labute approximate surface area is 194 Å². The maximum atomic E-state index is 9.56. The van der Waals surface area contributed by atoms with E-state index >= 15 is 0 Å². The van der Waals surface area contributed by atoms with E-state index in [2.05, 4.69) is 4.98 Å². The summed E-state index contributed by atoms with van der Waals surface area (Å²) in [6, 6.07) is 12.3. The average molecular weight is 479 g/mol. The molecule has 31 heavy (non-hydrogen) atoms. The monoisotopic (exact) mass is 478 g/mol. The molecule has 0 amide bonds. The summed E-state index contributed by atoms with van der Waals surface area (Å²) in [6.07, 6.45) is 5.91. The number of anilines is 2. The molecule has 0 spiro atoms. The zero-order valence-electron chi connectivity index (χ0n) is 17.4. The molecular formula is C22H24Cl2N4O2S. The van der Waals surface area contributed by atoms with Crippen LogP contribution < -0.4 is 16.2 Å². The first-order chi connectivity index (χ1) is 14.6. The number of ether oxygens (including phenoxy) is 1. The van der Waals surface area contributed by atoms with Crippen LogP contribution in [0.2, 0.25) is 10.0 Å². The highest BCUT2D eigenvalue weighted by Crippen LogP contribution is 2.33. The number of nitrogens with two attached hydrogens (primary N) is 2. The standard InChI is InChI=1S/C20H18Cl2N4O.C2H6OS/c1-11(19-16(21)9-26-10-17(19)22)27-14-5-6-18(24)15(8-14)20(25)12-3-2-4-13(23)7-12;1-4(2)3/h2-11,25H,23-24H2,1H3;1-2H3. The third kappa shape index (κ3) is 6.95. The lowest BCUT2D eigenvalue weighted by Crippen LogP contribution is -2.09. The maximum absolute atomic E-state index is 9.56. The third-order valence-corrected chi connectivity index (χ3v) is 4.68. The Morgan fingerprint density at radius 2 is 1.71 bits per heavy atom. The van der Waals surface area contributed by atoms with Crippen molar-refractivity contribution in [1.29, 1.82) is 5.41 Å². The van der Waals surface area contributed by atoms with E-state index in [0.29, 0.717) is 43.9 Å². The first-order valence-electron chi connectivity index (χ1n) is 9.15. The maximum Gasteiger partial charge on any atom is 0.124 e. The fourth-order valence-corrected chi connectivity index (χ4v) is 3.42. The predicted molar refractivity (Wildman–Crippen MR) is 131 cm³/mol. The summed E-state index contributed by atoms with van der Waals surface area (Å²) in [5, 5.41) is 9.34. The predicted octanol–water partition coefficient (Wildman–Crippen LogP) is 5.10. The van der Waals surface area contributed by atoms with E-state index in [1.807, 2.05) is 13.0 Å². The molecule has 9 heteroatoms. The Bertz CT molecular complexity index is 1080. The average Bonchev–Trinajstić information content (AvgIpc) is 2.68. The summed E-state index contributed by atoms with van der Waals surface area (Å²) in [4.78, 5) is 3.95. The topological polar surface area (TPSA) is 115 Å². The van der Waals surface area contributed by atoms with Crippen molar-refractivity contribution < 1.29 is 8.95 Å². The summed E-state index contributed by atoms with van der Waals surface area (Å²) < 4.78 is 15.5. The first kappa shape index (κ1) is 24.7. The summed E-state index contributed by atoms with van der Waals surface area (Å²) in [5.74, 6) is 0.546. The van der Waals surface area contributed by atoms with Gasteiger partial charge in [-0.25, -0.2) is 0 Å². The molecule has 0 aliphatic rings. The lowest BCUT2D eigenvalue weighted by molar-refractivity contribution is 0.227. The van der Waals surface area contributed by atoms with Gasteiger partial charge in [-0.2, -0.15) is 0 Å². The number of benzene rings is 2. The van der Waals surface area contributed by atoms with Crippen LogP contribution in [0.25, 0.3) is 0 Å². The Morgan fingerprint density at radius 3 is 2.29 bits per heavy atom. The van der Waals surface area contributed by atoms with Crippen molar-refractivity contribution >= 4 is 51.1 Å². The minimum absolute atomic E-state index is 0.262. The molecule has 0 aliphatic carbocycles. The van der Waals surface area contributed by atoms with Crippen molar-refractivity contribution in [2.24, 2.45) is 0 Å². The van der Waals surface area contributed by atoms with Gasteiger partial charge in [-0.3, -0.25) is 14.6 Å². The van der Waals surface area contributed by atoms with Gasteiger partial charge in [0, 0.05) is 63.8 Å². The van der Waals surface area contributed by atoms with Crippen LogP contribution in [0, 0.1) is 5.41 Å². The van der Waals surface area contributed by atoms with Gasteiger partial charge >= 0.3 is 0 Å². The largest absolute Gasteiger partial charge is 0.486 e. The summed E-state index contributed by atoms with van der Waals surface area (Å²) in [7, 11) is -0.611. The fourth-order valence-electron chi connectivity index (χ4n) is 2.75. The van der Waals surface area contributed by atoms with E-state index in [1.165, 1.54) is 12.4 Å². The quantitative estimate of drug-likeness (QED) is 0.348. The second-order valence-electron chi connectivity index (χ2n) is 6.77. The molecule has 3 aromatic rings. The number of nitrogens with zero attached hydrogens (tertiary/aromatic N) is 1. The van der Waals surface area contributed by atoms with Crippen LogP contribution in [0.3, 0.4) is 0 Å². The van der Waals surface area contributed by atoms with E-state index < -0.39 is 16.9 Å². The van der Waals surface area contributed by atoms with Gasteiger partial charge in [0.05, 0.1) is 15.8 Å². The number of halogens is 2. The first-order valence-corrected chi connectivity index (χ1v) is 11.9. The van der Waals surface area contributed by atoms with Gasteiger partial charge in [0.15, 0.2) is 0 Å². The van der Waals surface area contributed by atoms with Gasteiger partial charge in [-0.15, -0.1) is 0 Å². The zero-order valence-corrected chi connectivity index (χ0v) is 19.7. The van der Waals surface area contributed by atoms with Crippen LogP contribution in [0.5, 0.6) is 5.75 Å². The molecule has 1 heterocycles. The van der Waals surface area contributed by atoms with Crippen LogP contribution in [-0.4, -0.2) is 27.4 Å². The van der Waals surface area contributed by atoms with Crippen molar-refractivity contribution in [3.8, 4) is 5.75 Å². The van der Waals surface area contributed by atoms with Crippen LogP contribution in [0.4, 0.5) is 11.4 Å². The number of pyridine rings is 1. The van der Waals surface area contributed by atoms with Crippen molar-refractivity contribution in [2.75, 3.05) is 24.0 Å². The molecule has 0 radical (unpaired) electrons. The minimum Gasteiger partial charge on any atom is -0.486 e. The summed E-state index contributed by atoms with van der Waals surface area (Å²) >= 11 is 12.4. The zero-order chi connectivity index (χ0) is 23.1. The number of hydrogen-bond donors (Lipinski definition) is 3. The smallest absolute Gasteiger partial charge is 0.124 e. The molecule has 0 bridgehead atoms. The molecule has 0 saturated heterocycles. The van der Waals surface area contributed by atoms with Crippen molar-refractivity contribution in [3.05, 3.63) is 81.6 Å². The van der Waals surface area contributed by atoms with Gasteiger partial charge in [0.2, 0.25) is 0 Å². The molecule has 1 aromatic heterocycles. The van der Waals surface area contributed by atoms with Crippen molar-refractivity contribution in [2.45, 2.75) is 13.0 Å². The van der Waals surface area contributed by atoms with Crippen LogP contribution >= 0.6 is 23.2 Å². The highest BCUT2D eigenvalue weighted by atomic mass is 35.5. The van der Waals surface area contributed by atoms with E-state index in [4.69, 9.17) is 44.8 Å². The Kier molecular flexibility index (Phi) is 8.86. The highest BCUT2D eigenvalue weighted by Gasteiger charge is 2.17. The number of nitrogen functional groups attached to an aromatic ring is 2. The molecule has 3 rings (SSSR count). The molecule has 6 nitrogen and oxygen atoms in total. The normalized spacial score (nSPS) is 11.4. The fraction of sp³-hybridized carbons (Fsp3) is 0.182. The second-order valence-corrected chi connectivity index (χ2v) is 9.07. The van der Waals surface area contributed by atoms with E-state index in [1.54, 1.807) is 48.9 Å². The van der Waals surface area contributed by atoms with Gasteiger partial charge in [0.1, 0.15) is 11.9 Å². The molecule has 1 unspecified atom stereocenters. The van der Waals surface area contributed by atoms with Gasteiger partial charge in [-0.05, 0) is 37.3 Å². The SMILES string of the molecule is CC(Oc1ccc(N)c(C(=N)c2cccc(N)c2)c1)c1c(Cl)cncc1Cl.CS(C)=O.